The zero-order chi connectivity index (χ0) is 16.4. The van der Waals surface area contributed by atoms with E-state index in [0.717, 1.165) is 4.31 Å². The SMILES string of the molecule is COc1ccc(S(=O)(=O)N2CCC(=O)Nc3cccnc32)cn1. The van der Waals surface area contributed by atoms with Crippen molar-refractivity contribution < 1.29 is 17.9 Å². The molecule has 0 saturated carbocycles. The van der Waals surface area contributed by atoms with Crippen LogP contribution in [-0.2, 0) is 14.8 Å². The summed E-state index contributed by atoms with van der Waals surface area (Å²) in [5.41, 5.74) is 0.361. The third-order valence-electron chi connectivity index (χ3n) is 3.35. The summed E-state index contributed by atoms with van der Waals surface area (Å²) in [6.07, 6.45) is 2.74. The fourth-order valence-electron chi connectivity index (χ4n) is 2.22. The Morgan fingerprint density at radius 1 is 1.26 bits per heavy atom. The van der Waals surface area contributed by atoms with Crippen LogP contribution in [-0.4, -0.2) is 37.9 Å². The molecule has 0 radical (unpaired) electrons. The van der Waals surface area contributed by atoms with Gasteiger partial charge in [-0.2, -0.15) is 0 Å². The average Bonchev–Trinajstić information content (AvgIpc) is 2.73. The van der Waals surface area contributed by atoms with Gasteiger partial charge in [-0.3, -0.25) is 4.79 Å². The van der Waals surface area contributed by atoms with E-state index in [1.807, 2.05) is 0 Å². The molecule has 3 heterocycles. The lowest BCUT2D eigenvalue weighted by molar-refractivity contribution is -0.115. The lowest BCUT2D eigenvalue weighted by atomic mass is 10.4. The molecule has 0 fully saturated rings. The van der Waals surface area contributed by atoms with Gasteiger partial charge in [-0.15, -0.1) is 0 Å². The second kappa shape index (κ2) is 5.84. The summed E-state index contributed by atoms with van der Waals surface area (Å²) in [5, 5.41) is 2.65. The molecule has 0 aliphatic carbocycles. The topological polar surface area (TPSA) is 101 Å². The molecule has 3 rings (SSSR count). The third kappa shape index (κ3) is 2.82. The van der Waals surface area contributed by atoms with Crippen molar-refractivity contribution >= 4 is 27.4 Å². The molecular formula is C14H14N4O4S. The molecule has 0 saturated heterocycles. The van der Waals surface area contributed by atoms with Crippen LogP contribution in [0.2, 0.25) is 0 Å². The number of anilines is 2. The minimum Gasteiger partial charge on any atom is -0.481 e. The van der Waals surface area contributed by atoms with E-state index in [1.54, 1.807) is 12.1 Å². The van der Waals surface area contributed by atoms with Crippen LogP contribution >= 0.6 is 0 Å². The maximum Gasteiger partial charge on any atom is 0.267 e. The van der Waals surface area contributed by atoms with Crippen LogP contribution in [0.15, 0.2) is 41.6 Å². The van der Waals surface area contributed by atoms with E-state index in [9.17, 15) is 13.2 Å². The van der Waals surface area contributed by atoms with E-state index in [4.69, 9.17) is 4.74 Å². The van der Waals surface area contributed by atoms with Gasteiger partial charge >= 0.3 is 0 Å². The molecule has 120 valence electrons. The molecule has 0 spiro atoms. The predicted molar refractivity (Wildman–Crippen MR) is 82.8 cm³/mol. The van der Waals surface area contributed by atoms with Gasteiger partial charge in [-0.25, -0.2) is 22.7 Å². The first-order valence-electron chi connectivity index (χ1n) is 6.80. The number of carbonyl (C=O) groups excluding carboxylic acids is 1. The van der Waals surface area contributed by atoms with Crippen molar-refractivity contribution in [2.75, 3.05) is 23.3 Å². The largest absolute Gasteiger partial charge is 0.481 e. The van der Waals surface area contributed by atoms with Crippen molar-refractivity contribution in [1.82, 2.24) is 9.97 Å². The maximum absolute atomic E-state index is 12.9. The lowest BCUT2D eigenvalue weighted by Gasteiger charge is -2.22. The Balaban J connectivity index is 2.06. The van der Waals surface area contributed by atoms with Gasteiger partial charge in [0, 0.05) is 25.2 Å². The average molecular weight is 334 g/mol. The minimum atomic E-state index is -3.89. The molecule has 1 amide bonds. The molecule has 2 aromatic rings. The van der Waals surface area contributed by atoms with Crippen molar-refractivity contribution in [3.8, 4) is 5.88 Å². The van der Waals surface area contributed by atoms with Gasteiger partial charge in [0.15, 0.2) is 5.82 Å². The summed E-state index contributed by atoms with van der Waals surface area (Å²) >= 11 is 0. The molecule has 0 aromatic carbocycles. The molecule has 1 aliphatic rings. The number of hydrogen-bond donors (Lipinski definition) is 1. The summed E-state index contributed by atoms with van der Waals surface area (Å²) in [7, 11) is -2.44. The second-order valence-electron chi connectivity index (χ2n) is 4.79. The van der Waals surface area contributed by atoms with Crippen LogP contribution in [0.1, 0.15) is 6.42 Å². The number of methoxy groups -OCH3 is 1. The molecule has 8 nitrogen and oxygen atoms in total. The Kier molecular flexibility index (Phi) is 3.87. The van der Waals surface area contributed by atoms with Crippen LogP contribution in [0, 0.1) is 0 Å². The standard InChI is InChI=1S/C14H14N4O4S/c1-22-13-5-4-10(9-16-13)23(20,21)18-8-6-12(19)17-11-3-2-7-15-14(11)18/h2-5,7,9H,6,8H2,1H3,(H,17,19). The van der Waals surface area contributed by atoms with Crippen molar-refractivity contribution in [2.45, 2.75) is 11.3 Å². The van der Waals surface area contributed by atoms with Gasteiger partial charge in [0.05, 0.1) is 19.0 Å². The molecule has 1 N–H and O–H groups in total. The summed E-state index contributed by atoms with van der Waals surface area (Å²) in [6.45, 7) is 0.00418. The van der Waals surface area contributed by atoms with Crippen molar-refractivity contribution in [1.29, 1.82) is 0 Å². The highest BCUT2D eigenvalue weighted by Crippen LogP contribution is 2.30. The normalized spacial score (nSPS) is 14.7. The Hall–Kier alpha value is -2.68. The molecule has 0 bridgehead atoms. The molecule has 2 aromatic heterocycles. The predicted octanol–water partition coefficient (Wildman–Crippen LogP) is 1.02. The number of amides is 1. The molecule has 0 unspecified atom stereocenters. The van der Waals surface area contributed by atoms with Crippen LogP contribution < -0.4 is 14.4 Å². The Bertz CT molecular complexity index is 836. The third-order valence-corrected chi connectivity index (χ3v) is 5.12. The smallest absolute Gasteiger partial charge is 0.267 e. The van der Waals surface area contributed by atoms with Gasteiger partial charge in [-0.1, -0.05) is 0 Å². The molecule has 0 atom stereocenters. The summed E-state index contributed by atoms with van der Waals surface area (Å²) in [5.74, 6) is 0.245. The minimum absolute atomic E-state index is 0.00394. The van der Waals surface area contributed by atoms with Gasteiger partial charge in [-0.05, 0) is 18.2 Å². The number of sulfonamides is 1. The van der Waals surface area contributed by atoms with Crippen LogP contribution in [0.4, 0.5) is 11.5 Å². The highest BCUT2D eigenvalue weighted by atomic mass is 32.2. The number of aromatic nitrogens is 2. The first-order chi connectivity index (χ1) is 11.0. The fourth-order valence-corrected chi connectivity index (χ4v) is 3.60. The fraction of sp³-hybridized carbons (Fsp3) is 0.214. The quantitative estimate of drug-likeness (QED) is 0.899. The number of ether oxygens (including phenoxy) is 1. The van der Waals surface area contributed by atoms with Crippen molar-refractivity contribution in [3.05, 3.63) is 36.7 Å². The number of pyridine rings is 2. The number of hydrogen-bond acceptors (Lipinski definition) is 6. The van der Waals surface area contributed by atoms with Crippen molar-refractivity contribution in [2.24, 2.45) is 0 Å². The monoisotopic (exact) mass is 334 g/mol. The van der Waals surface area contributed by atoms with Gasteiger partial charge in [0.25, 0.3) is 10.0 Å². The van der Waals surface area contributed by atoms with E-state index in [1.165, 1.54) is 31.6 Å². The number of rotatable bonds is 3. The number of fused-ring (bicyclic) bond motifs is 1. The van der Waals surface area contributed by atoms with Gasteiger partial charge in [0.2, 0.25) is 11.8 Å². The van der Waals surface area contributed by atoms with Gasteiger partial charge < -0.3 is 10.1 Å². The summed E-state index contributed by atoms with van der Waals surface area (Å²) in [4.78, 5) is 19.8. The first kappa shape index (κ1) is 15.2. The molecular weight excluding hydrogens is 320 g/mol. The maximum atomic E-state index is 12.9. The van der Waals surface area contributed by atoms with E-state index in [0.29, 0.717) is 11.6 Å². The highest BCUT2D eigenvalue weighted by Gasteiger charge is 2.31. The van der Waals surface area contributed by atoms with Gasteiger partial charge in [0.1, 0.15) is 4.90 Å². The van der Waals surface area contributed by atoms with Crippen LogP contribution in [0.25, 0.3) is 0 Å². The number of nitrogens with one attached hydrogen (secondary N) is 1. The Labute approximate surface area is 133 Å². The zero-order valence-corrected chi connectivity index (χ0v) is 13.1. The summed E-state index contributed by atoms with van der Waals surface area (Å²) < 4.78 is 31.8. The number of carbonyl (C=O) groups is 1. The van der Waals surface area contributed by atoms with E-state index in [-0.39, 0.29) is 29.6 Å². The molecule has 1 aliphatic heterocycles. The number of nitrogens with zero attached hydrogens (tertiary/aromatic N) is 3. The lowest BCUT2D eigenvalue weighted by Crippen LogP contribution is -2.32. The zero-order valence-electron chi connectivity index (χ0n) is 12.3. The second-order valence-corrected chi connectivity index (χ2v) is 6.65. The Morgan fingerprint density at radius 3 is 2.78 bits per heavy atom. The Morgan fingerprint density at radius 2 is 2.09 bits per heavy atom. The van der Waals surface area contributed by atoms with E-state index >= 15 is 0 Å². The molecule has 9 heteroatoms. The summed E-state index contributed by atoms with van der Waals surface area (Å²) in [6, 6.07) is 6.11. The highest BCUT2D eigenvalue weighted by molar-refractivity contribution is 7.92. The van der Waals surface area contributed by atoms with Crippen molar-refractivity contribution in [3.63, 3.8) is 0 Å². The van der Waals surface area contributed by atoms with E-state index < -0.39 is 10.0 Å². The first-order valence-corrected chi connectivity index (χ1v) is 8.24. The van der Waals surface area contributed by atoms with Crippen LogP contribution in [0.5, 0.6) is 5.88 Å². The van der Waals surface area contributed by atoms with E-state index in [2.05, 4.69) is 15.3 Å². The molecule has 23 heavy (non-hydrogen) atoms. The van der Waals surface area contributed by atoms with Crippen LogP contribution in [0.3, 0.4) is 0 Å².